The number of carboxylic acid groups (broad SMARTS) is 1. The molecule has 21 heteroatoms. The number of aliphatic hydroxyl groups excluding tert-OH is 1. The molecule has 0 spiro atoms. The van der Waals surface area contributed by atoms with E-state index in [1.54, 1.807) is 62.3 Å². The standard InChI is InChI=1S/C38H70N10O11/c1-12-20(7)29(45-27(51)17-42-38(59)41-15-22(9)43-32(52)23(10)39)34(54)40-16-26(50)46-30(21(8)13-2)35(55)44-25(14-18(3)4)33(53)48-31(24(11)49)36(56)47-28(19(5)6)37(57)58/h18-25,28-31,49H,12-17,39H2,1-11H3,(H,40,54)(H,43,52)(H,44,55)(H,45,51)(H,46,50)(H,47,56)(H,48,53)(H,57,58)(H2,41,42,59)/t20-,21-,22-,23-,24+,25-,28-,29-,30-,31-/m0/s1. The lowest BCUT2D eigenvalue weighted by Crippen LogP contribution is -2.61. The number of carboxylic acids is 1. The maximum absolute atomic E-state index is 13.7. The summed E-state index contributed by atoms with van der Waals surface area (Å²) in [6.45, 7) is 17.2. The smallest absolute Gasteiger partial charge is 0.326 e. The van der Waals surface area contributed by atoms with E-state index >= 15 is 0 Å². The number of carbonyl (C=O) groups excluding carboxylic acids is 8. The van der Waals surface area contributed by atoms with Gasteiger partial charge in [-0.25, -0.2) is 9.59 Å². The van der Waals surface area contributed by atoms with Gasteiger partial charge < -0.3 is 63.8 Å². The molecular formula is C38H70N10O11. The van der Waals surface area contributed by atoms with E-state index in [0.29, 0.717) is 12.8 Å². The molecule has 10 atom stereocenters. The van der Waals surface area contributed by atoms with Crippen molar-refractivity contribution in [3.8, 4) is 0 Å². The Morgan fingerprint density at radius 3 is 1.46 bits per heavy atom. The summed E-state index contributed by atoms with van der Waals surface area (Å²) >= 11 is 0. The molecule has 0 bridgehead atoms. The highest BCUT2D eigenvalue weighted by Gasteiger charge is 2.35. The molecule has 0 saturated carbocycles. The van der Waals surface area contributed by atoms with Gasteiger partial charge in [0.05, 0.1) is 25.2 Å². The molecule has 338 valence electrons. The summed E-state index contributed by atoms with van der Waals surface area (Å²) in [5.41, 5.74) is 5.52. The Morgan fingerprint density at radius 1 is 0.542 bits per heavy atom. The van der Waals surface area contributed by atoms with Crippen molar-refractivity contribution in [3.05, 3.63) is 0 Å². The fourth-order valence-electron chi connectivity index (χ4n) is 5.40. The summed E-state index contributed by atoms with van der Waals surface area (Å²) < 4.78 is 0. The van der Waals surface area contributed by atoms with E-state index in [1.165, 1.54) is 13.8 Å². The lowest BCUT2D eigenvalue weighted by atomic mass is 9.96. The molecule has 0 aliphatic heterocycles. The summed E-state index contributed by atoms with van der Waals surface area (Å²) in [4.78, 5) is 115. The van der Waals surface area contributed by atoms with Crippen molar-refractivity contribution in [1.82, 2.24) is 47.9 Å². The SMILES string of the molecule is CC[C@H](C)[C@H](NC(=O)CNC(=O)NC[C@H](C)NC(=O)[C@H](C)N)C(=O)NCC(=O)N[C@H](C(=O)N[C@@H](CC(C)C)C(=O)N[C@H](C(=O)N[C@H](C(=O)O)C(C)C)[C@@H](C)O)[C@@H](C)CC. The maximum atomic E-state index is 13.7. The molecule has 0 aromatic heterocycles. The second kappa shape index (κ2) is 26.9. The first-order valence-electron chi connectivity index (χ1n) is 20.1. The Hall–Kier alpha value is -5.05. The van der Waals surface area contributed by atoms with E-state index in [2.05, 4.69) is 47.9 Å². The zero-order valence-corrected chi connectivity index (χ0v) is 36.3. The van der Waals surface area contributed by atoms with Crippen molar-refractivity contribution in [1.29, 1.82) is 0 Å². The molecule has 0 aliphatic carbocycles. The van der Waals surface area contributed by atoms with Gasteiger partial charge in [-0.2, -0.15) is 0 Å². The highest BCUT2D eigenvalue weighted by atomic mass is 16.4. The third-order valence-corrected chi connectivity index (χ3v) is 9.46. The monoisotopic (exact) mass is 843 g/mol. The van der Waals surface area contributed by atoms with Crippen LogP contribution in [0.3, 0.4) is 0 Å². The second-order valence-corrected chi connectivity index (χ2v) is 15.8. The first-order valence-corrected chi connectivity index (χ1v) is 20.1. The molecule has 0 aliphatic rings. The summed E-state index contributed by atoms with van der Waals surface area (Å²) in [5.74, 6) is -7.77. The van der Waals surface area contributed by atoms with Gasteiger partial charge >= 0.3 is 12.0 Å². The van der Waals surface area contributed by atoms with Crippen molar-refractivity contribution >= 4 is 53.4 Å². The molecule has 9 amide bonds. The lowest BCUT2D eigenvalue weighted by molar-refractivity contribution is -0.144. The van der Waals surface area contributed by atoms with Crippen molar-refractivity contribution in [2.75, 3.05) is 19.6 Å². The number of hydrogen-bond acceptors (Lipinski definition) is 11. The summed E-state index contributed by atoms with van der Waals surface area (Å²) in [7, 11) is 0. The number of carbonyl (C=O) groups is 9. The van der Waals surface area contributed by atoms with Gasteiger partial charge in [0.15, 0.2) is 0 Å². The van der Waals surface area contributed by atoms with E-state index in [1.807, 2.05) is 0 Å². The number of nitrogens with two attached hydrogens (primary N) is 1. The molecule has 13 N–H and O–H groups in total. The number of nitrogens with one attached hydrogen (secondary N) is 9. The van der Waals surface area contributed by atoms with Gasteiger partial charge in [-0.3, -0.25) is 33.6 Å². The number of aliphatic hydroxyl groups is 1. The number of aliphatic carboxylic acids is 1. The van der Waals surface area contributed by atoms with Crippen molar-refractivity contribution in [2.45, 2.75) is 144 Å². The maximum Gasteiger partial charge on any atom is 0.326 e. The molecule has 0 heterocycles. The van der Waals surface area contributed by atoms with Gasteiger partial charge in [0.25, 0.3) is 0 Å². The van der Waals surface area contributed by atoms with E-state index in [9.17, 15) is 53.4 Å². The highest BCUT2D eigenvalue weighted by Crippen LogP contribution is 2.12. The zero-order valence-electron chi connectivity index (χ0n) is 36.3. The van der Waals surface area contributed by atoms with Crippen LogP contribution in [-0.4, -0.2) is 132 Å². The van der Waals surface area contributed by atoms with Crippen LogP contribution in [0.25, 0.3) is 0 Å². The predicted molar refractivity (Wildman–Crippen MR) is 218 cm³/mol. The van der Waals surface area contributed by atoms with Gasteiger partial charge in [0, 0.05) is 12.6 Å². The molecule has 0 rings (SSSR count). The first-order chi connectivity index (χ1) is 27.4. The second-order valence-electron chi connectivity index (χ2n) is 15.8. The van der Waals surface area contributed by atoms with E-state index in [-0.39, 0.29) is 24.8 Å². The minimum atomic E-state index is -1.55. The van der Waals surface area contributed by atoms with Crippen LogP contribution in [0.1, 0.15) is 95.4 Å². The number of hydrogen-bond donors (Lipinski definition) is 12. The van der Waals surface area contributed by atoms with Gasteiger partial charge in [-0.15, -0.1) is 0 Å². The van der Waals surface area contributed by atoms with Crippen LogP contribution in [0.15, 0.2) is 0 Å². The molecule has 0 aromatic carbocycles. The summed E-state index contributed by atoms with van der Waals surface area (Å²) in [5, 5.41) is 42.4. The molecule has 0 fully saturated rings. The van der Waals surface area contributed by atoms with E-state index in [0.717, 1.165) is 0 Å². The fraction of sp³-hybridized carbons (Fsp3) is 0.763. The minimum Gasteiger partial charge on any atom is -0.480 e. The quantitative estimate of drug-likeness (QED) is 0.0448. The fourth-order valence-corrected chi connectivity index (χ4v) is 5.40. The zero-order chi connectivity index (χ0) is 45.7. The van der Waals surface area contributed by atoms with Crippen LogP contribution in [0.4, 0.5) is 4.79 Å². The molecule has 0 radical (unpaired) electrons. The van der Waals surface area contributed by atoms with E-state index in [4.69, 9.17) is 5.73 Å². The molecule has 59 heavy (non-hydrogen) atoms. The summed E-state index contributed by atoms with van der Waals surface area (Å²) in [6, 6.07) is -8.17. The number of urea groups is 1. The molecular weight excluding hydrogens is 772 g/mol. The third-order valence-electron chi connectivity index (χ3n) is 9.46. The van der Waals surface area contributed by atoms with Crippen LogP contribution >= 0.6 is 0 Å². The molecule has 0 aromatic rings. The van der Waals surface area contributed by atoms with Gasteiger partial charge in [-0.1, -0.05) is 68.2 Å². The Balaban J connectivity index is 5.66. The first kappa shape index (κ1) is 54.0. The van der Waals surface area contributed by atoms with Crippen LogP contribution in [0, 0.1) is 23.7 Å². The van der Waals surface area contributed by atoms with Gasteiger partial charge in [-0.05, 0) is 50.9 Å². The third kappa shape index (κ3) is 20.5. The normalized spacial score (nSPS) is 16.3. The summed E-state index contributed by atoms with van der Waals surface area (Å²) in [6.07, 6.45) is -0.441. The van der Waals surface area contributed by atoms with Crippen LogP contribution in [-0.2, 0) is 38.4 Å². The highest BCUT2D eigenvalue weighted by molar-refractivity contribution is 5.96. The topological polar surface area (TPSA) is 328 Å². The van der Waals surface area contributed by atoms with Crippen LogP contribution < -0.4 is 53.6 Å². The number of amides is 9. The Labute approximate surface area is 347 Å². The van der Waals surface area contributed by atoms with Crippen LogP contribution in [0.5, 0.6) is 0 Å². The Kier molecular flexibility index (Phi) is 24.6. The molecule has 0 unspecified atom stereocenters. The average Bonchev–Trinajstić information content (AvgIpc) is 3.15. The van der Waals surface area contributed by atoms with Crippen molar-refractivity contribution in [2.24, 2.45) is 29.4 Å². The Bertz CT molecular complexity index is 1440. The molecule has 21 nitrogen and oxygen atoms in total. The lowest BCUT2D eigenvalue weighted by Gasteiger charge is -2.29. The van der Waals surface area contributed by atoms with Gasteiger partial charge in [0.2, 0.25) is 41.4 Å². The Morgan fingerprint density at radius 2 is 1.02 bits per heavy atom. The largest absolute Gasteiger partial charge is 0.480 e. The minimum absolute atomic E-state index is 0.0559. The van der Waals surface area contributed by atoms with Crippen molar-refractivity contribution < 1.29 is 53.4 Å². The molecule has 0 saturated heterocycles. The number of rotatable bonds is 26. The van der Waals surface area contributed by atoms with Crippen molar-refractivity contribution in [3.63, 3.8) is 0 Å². The van der Waals surface area contributed by atoms with Gasteiger partial charge in [0.1, 0.15) is 30.2 Å². The van der Waals surface area contributed by atoms with E-state index < -0.39 is 127 Å². The predicted octanol–water partition coefficient (Wildman–Crippen LogP) is -2.06. The van der Waals surface area contributed by atoms with Crippen LogP contribution in [0.2, 0.25) is 0 Å². The average molecular weight is 843 g/mol.